The van der Waals surface area contributed by atoms with E-state index in [2.05, 4.69) is 66.5 Å². The van der Waals surface area contributed by atoms with Crippen LogP contribution in [0.3, 0.4) is 0 Å². The van der Waals surface area contributed by atoms with E-state index in [1.54, 1.807) is 55.7 Å². The van der Waals surface area contributed by atoms with Crippen molar-refractivity contribution in [2.45, 2.75) is 0 Å². The average molecular weight is 939 g/mol. The SMILES string of the molecule is COc1ccc(Nc2cccc(-n3ccnc3)c2)cn1.Fc1cnc(N/N=C/c2ccc(Nc3cccc(-n4ccnc4)c3)cn2)nc1N1CCOCC1.NNc1ncc(F)c(N2CCOCC2)n1. The van der Waals surface area contributed by atoms with Crippen molar-refractivity contribution in [3.8, 4) is 17.3 Å². The molecule has 0 unspecified atom stereocenters. The smallest absolute Gasteiger partial charge is 0.245 e. The van der Waals surface area contributed by atoms with Crippen LogP contribution in [-0.2, 0) is 9.47 Å². The Kier molecular flexibility index (Phi) is 16.1. The lowest BCUT2D eigenvalue weighted by Gasteiger charge is -2.27. The summed E-state index contributed by atoms with van der Waals surface area (Å²) in [5.41, 5.74) is 11.4. The molecule has 0 atom stereocenters. The number of hydrazone groups is 1. The van der Waals surface area contributed by atoms with E-state index in [0.29, 0.717) is 64.2 Å². The zero-order valence-corrected chi connectivity index (χ0v) is 37.3. The summed E-state index contributed by atoms with van der Waals surface area (Å²) in [6.07, 6.45) is 18.1. The number of nitrogens with zero attached hydrogens (tertiary/aromatic N) is 13. The number of benzene rings is 2. The maximum atomic E-state index is 14.1. The summed E-state index contributed by atoms with van der Waals surface area (Å²) >= 11 is 0. The molecule has 23 heteroatoms. The molecule has 8 aromatic rings. The van der Waals surface area contributed by atoms with E-state index in [1.165, 1.54) is 0 Å². The highest BCUT2D eigenvalue weighted by atomic mass is 19.1. The number of hydrogen-bond acceptors (Lipinski definition) is 19. The fraction of sp³-hybridized carbons (Fsp3) is 0.196. The van der Waals surface area contributed by atoms with E-state index in [-0.39, 0.29) is 23.5 Å². The van der Waals surface area contributed by atoms with E-state index in [9.17, 15) is 8.78 Å². The maximum Gasteiger partial charge on any atom is 0.245 e. The molecular formula is C46H48F2N18O3. The van der Waals surface area contributed by atoms with Gasteiger partial charge >= 0.3 is 0 Å². The minimum Gasteiger partial charge on any atom is -0.481 e. The summed E-state index contributed by atoms with van der Waals surface area (Å²) in [6.45, 7) is 4.64. The molecule has 6 aromatic heterocycles. The molecule has 0 amide bonds. The second kappa shape index (κ2) is 23.7. The number of imidazole rings is 2. The van der Waals surface area contributed by atoms with Crippen LogP contribution in [0.2, 0.25) is 0 Å². The topological polar surface area (TPSA) is 234 Å². The van der Waals surface area contributed by atoms with Crippen molar-refractivity contribution in [2.24, 2.45) is 10.9 Å². The molecule has 354 valence electrons. The van der Waals surface area contributed by atoms with Crippen LogP contribution in [0.1, 0.15) is 5.69 Å². The molecule has 10 rings (SSSR count). The van der Waals surface area contributed by atoms with Crippen molar-refractivity contribution in [2.75, 3.05) is 91.0 Å². The first-order chi connectivity index (χ1) is 33.9. The van der Waals surface area contributed by atoms with Crippen molar-refractivity contribution in [3.63, 3.8) is 0 Å². The molecular weight excluding hydrogens is 891 g/mol. The summed E-state index contributed by atoms with van der Waals surface area (Å²) in [7, 11) is 1.60. The molecule has 21 nitrogen and oxygen atoms in total. The maximum absolute atomic E-state index is 14.1. The lowest BCUT2D eigenvalue weighted by Crippen LogP contribution is -2.37. The Morgan fingerprint density at radius 2 is 1.17 bits per heavy atom. The summed E-state index contributed by atoms with van der Waals surface area (Å²) in [5, 5.41) is 10.8. The largest absolute Gasteiger partial charge is 0.481 e. The first-order valence-corrected chi connectivity index (χ1v) is 21.5. The molecule has 2 aromatic carbocycles. The van der Waals surface area contributed by atoms with Crippen LogP contribution in [0.25, 0.3) is 11.4 Å². The minimum absolute atomic E-state index is 0.204. The third-order valence-electron chi connectivity index (χ3n) is 10.2. The number of rotatable bonds is 13. The molecule has 0 radical (unpaired) electrons. The zero-order valence-electron chi connectivity index (χ0n) is 37.3. The molecule has 2 aliphatic heterocycles. The lowest BCUT2D eigenvalue weighted by molar-refractivity contribution is 0.122. The van der Waals surface area contributed by atoms with Gasteiger partial charge in [0.1, 0.15) is 0 Å². The number of hydrogen-bond donors (Lipinski definition) is 5. The number of morpholine rings is 2. The summed E-state index contributed by atoms with van der Waals surface area (Å²) in [4.78, 5) is 36.1. The first kappa shape index (κ1) is 46.8. The monoisotopic (exact) mass is 938 g/mol. The number of ether oxygens (including phenoxy) is 3. The number of nitrogens with two attached hydrogens (primary N) is 1. The van der Waals surface area contributed by atoms with Gasteiger partial charge in [-0.3, -0.25) is 10.4 Å². The van der Waals surface area contributed by atoms with Crippen LogP contribution in [0.5, 0.6) is 5.88 Å². The highest BCUT2D eigenvalue weighted by Crippen LogP contribution is 2.23. The Morgan fingerprint density at radius 3 is 1.65 bits per heavy atom. The zero-order chi connectivity index (χ0) is 47.6. The highest BCUT2D eigenvalue weighted by molar-refractivity contribution is 5.78. The van der Waals surface area contributed by atoms with E-state index >= 15 is 0 Å². The van der Waals surface area contributed by atoms with Gasteiger partial charge in [0.05, 0.1) is 94.3 Å². The molecule has 2 saturated heterocycles. The summed E-state index contributed by atoms with van der Waals surface area (Å²) < 4.78 is 47.0. The van der Waals surface area contributed by atoms with Gasteiger partial charge in [0.2, 0.25) is 17.8 Å². The second-order valence-electron chi connectivity index (χ2n) is 14.8. The van der Waals surface area contributed by atoms with Crippen LogP contribution < -0.4 is 41.9 Å². The number of methoxy groups -OCH3 is 1. The predicted octanol–water partition coefficient (Wildman–Crippen LogP) is 5.98. The van der Waals surface area contributed by atoms with Crippen LogP contribution >= 0.6 is 0 Å². The molecule has 6 N–H and O–H groups in total. The molecule has 0 spiro atoms. The first-order valence-electron chi connectivity index (χ1n) is 21.5. The molecule has 2 fully saturated rings. The summed E-state index contributed by atoms with van der Waals surface area (Å²) in [6, 6.07) is 23.5. The van der Waals surface area contributed by atoms with Crippen molar-refractivity contribution in [1.82, 2.24) is 49.0 Å². The van der Waals surface area contributed by atoms with Gasteiger partial charge in [-0.1, -0.05) is 12.1 Å². The Hall–Kier alpha value is -8.67. The number of nitrogen functional groups attached to an aromatic ring is 1. The van der Waals surface area contributed by atoms with E-state index < -0.39 is 11.6 Å². The Morgan fingerprint density at radius 1 is 0.638 bits per heavy atom. The van der Waals surface area contributed by atoms with Crippen LogP contribution in [0.15, 0.2) is 140 Å². The van der Waals surface area contributed by atoms with Gasteiger partial charge < -0.3 is 43.8 Å². The van der Waals surface area contributed by atoms with Gasteiger partial charge in [-0.05, 0) is 54.6 Å². The number of nitrogens with one attached hydrogen (secondary N) is 4. The Bertz CT molecular complexity index is 2850. The number of hydrazine groups is 1. The number of pyridine rings is 2. The van der Waals surface area contributed by atoms with E-state index in [4.69, 9.17) is 20.1 Å². The van der Waals surface area contributed by atoms with E-state index in [0.717, 1.165) is 46.5 Å². The fourth-order valence-electron chi connectivity index (χ4n) is 6.77. The van der Waals surface area contributed by atoms with Gasteiger partial charge in [-0.25, -0.2) is 45.0 Å². The quantitative estimate of drug-likeness (QED) is 0.0508. The number of aromatic nitrogens is 10. The number of anilines is 8. The summed E-state index contributed by atoms with van der Waals surface area (Å²) in [5.74, 6) is 5.75. The Balaban J connectivity index is 0.000000155. The van der Waals surface area contributed by atoms with Crippen molar-refractivity contribution in [1.29, 1.82) is 0 Å². The third kappa shape index (κ3) is 13.2. The highest BCUT2D eigenvalue weighted by Gasteiger charge is 2.19. The van der Waals surface area contributed by atoms with Gasteiger partial charge in [0, 0.05) is 79.8 Å². The van der Waals surface area contributed by atoms with Crippen LogP contribution in [0, 0.1) is 11.6 Å². The minimum atomic E-state index is -0.475. The van der Waals surface area contributed by atoms with Gasteiger partial charge in [0.15, 0.2) is 23.3 Å². The number of halogens is 2. The predicted molar refractivity (Wildman–Crippen MR) is 258 cm³/mol. The van der Waals surface area contributed by atoms with Gasteiger partial charge in [-0.2, -0.15) is 15.1 Å². The van der Waals surface area contributed by atoms with Gasteiger partial charge in [0.25, 0.3) is 0 Å². The van der Waals surface area contributed by atoms with Crippen LogP contribution in [0.4, 0.5) is 55.1 Å². The van der Waals surface area contributed by atoms with Crippen molar-refractivity contribution in [3.05, 3.63) is 152 Å². The van der Waals surface area contributed by atoms with Crippen molar-refractivity contribution < 1.29 is 23.0 Å². The Labute approximate surface area is 395 Å². The third-order valence-corrected chi connectivity index (χ3v) is 10.2. The molecule has 0 bridgehead atoms. The molecule has 2 aliphatic rings. The fourth-order valence-corrected chi connectivity index (χ4v) is 6.77. The molecule has 69 heavy (non-hydrogen) atoms. The standard InChI is InChI=1S/C23H22FN9O.C15H14N4O.C8H12FN5O/c24-21-15-27-23(30-22(21)32-8-10-34-11-9-32)31-28-14-18-4-5-19(13-26-18)29-17-2-1-3-20(12-17)33-7-6-25-16-33;1-20-15-6-5-13(10-17-15)18-12-3-2-4-14(9-12)19-8-7-16-11-19;9-6-5-11-8(13-10)12-7(6)14-1-3-15-4-2-14/h1-7,12-16,29H,8-11H2,(H,27,30,31);2-11,18H,1H3;5H,1-4,10H2,(H,11,12,13)/b28-14+;;. The average Bonchev–Trinajstić information content (AvgIpc) is 4.16. The lowest BCUT2D eigenvalue weighted by atomic mass is 10.2. The molecule has 0 aliphatic carbocycles. The van der Waals surface area contributed by atoms with Crippen molar-refractivity contribution >= 4 is 52.5 Å². The molecule has 8 heterocycles. The second-order valence-corrected chi connectivity index (χ2v) is 14.8. The van der Waals surface area contributed by atoms with Gasteiger partial charge in [-0.15, -0.1) is 0 Å². The molecule has 0 saturated carbocycles. The van der Waals surface area contributed by atoms with Crippen LogP contribution in [-0.4, -0.2) is 115 Å². The van der Waals surface area contributed by atoms with E-state index in [1.807, 2.05) is 99.2 Å². The normalized spacial score (nSPS) is 13.4.